The lowest BCUT2D eigenvalue weighted by Crippen LogP contribution is -2.39. The van der Waals surface area contributed by atoms with Gasteiger partial charge in [-0.1, -0.05) is 25.1 Å². The standard InChI is InChI=1S/C25H26FN3O4/c1-3-11-27-25(31)22-14-33-23(28-22)15-32-20-9-6-17-10-12-29(16(2)30)24(21(17)13-20)18-4-7-19(26)8-5-18/h4-9,13-14,24H,3,10-12,15H2,1-2H3,(H,27,31). The molecule has 3 aromatic rings. The van der Waals surface area contributed by atoms with Gasteiger partial charge in [0.1, 0.15) is 17.8 Å². The van der Waals surface area contributed by atoms with Crippen LogP contribution in [0.5, 0.6) is 5.75 Å². The Kier molecular flexibility index (Phi) is 6.72. The summed E-state index contributed by atoms with van der Waals surface area (Å²) in [6.45, 7) is 4.72. The smallest absolute Gasteiger partial charge is 0.273 e. The third-order valence-electron chi connectivity index (χ3n) is 5.62. The van der Waals surface area contributed by atoms with Gasteiger partial charge in [-0.05, 0) is 53.8 Å². The summed E-state index contributed by atoms with van der Waals surface area (Å²) < 4.78 is 24.7. The number of hydrogen-bond donors (Lipinski definition) is 1. The van der Waals surface area contributed by atoms with Crippen molar-refractivity contribution in [1.82, 2.24) is 15.2 Å². The summed E-state index contributed by atoms with van der Waals surface area (Å²) in [6, 6.07) is 11.6. The molecule has 8 heteroatoms. The second kappa shape index (κ2) is 9.85. The quantitative estimate of drug-likeness (QED) is 0.586. The number of nitrogens with zero attached hydrogens (tertiary/aromatic N) is 2. The summed E-state index contributed by atoms with van der Waals surface area (Å²) in [4.78, 5) is 30.3. The van der Waals surface area contributed by atoms with Crippen LogP contribution in [-0.2, 0) is 17.8 Å². The molecule has 0 radical (unpaired) electrons. The second-order valence-corrected chi connectivity index (χ2v) is 7.95. The minimum Gasteiger partial charge on any atom is -0.484 e. The Morgan fingerprint density at radius 1 is 1.24 bits per heavy atom. The van der Waals surface area contributed by atoms with E-state index in [1.165, 1.54) is 18.4 Å². The molecule has 7 nitrogen and oxygen atoms in total. The Bertz CT molecular complexity index is 1140. The minimum atomic E-state index is -0.328. The lowest BCUT2D eigenvalue weighted by molar-refractivity contribution is -0.130. The average molecular weight is 451 g/mol. The summed E-state index contributed by atoms with van der Waals surface area (Å²) in [5, 5.41) is 2.75. The normalized spacial score (nSPS) is 15.1. The third-order valence-corrected chi connectivity index (χ3v) is 5.62. The molecule has 1 aliphatic rings. The summed E-state index contributed by atoms with van der Waals surface area (Å²) >= 11 is 0. The SMILES string of the molecule is CCCNC(=O)c1coc(COc2ccc3c(c2)C(c2ccc(F)cc2)N(C(C)=O)CC3)n1. The summed E-state index contributed by atoms with van der Waals surface area (Å²) in [7, 11) is 0. The molecule has 0 spiro atoms. The second-order valence-electron chi connectivity index (χ2n) is 7.95. The third kappa shape index (κ3) is 5.05. The molecule has 1 aliphatic heterocycles. The van der Waals surface area contributed by atoms with Crippen molar-refractivity contribution in [2.24, 2.45) is 0 Å². The molecular formula is C25H26FN3O4. The molecule has 4 rings (SSSR count). The maximum Gasteiger partial charge on any atom is 0.273 e. The van der Waals surface area contributed by atoms with E-state index in [0.29, 0.717) is 18.8 Å². The van der Waals surface area contributed by atoms with Crippen LogP contribution in [0.25, 0.3) is 0 Å². The number of ether oxygens (including phenoxy) is 1. The van der Waals surface area contributed by atoms with Crippen molar-refractivity contribution in [3.05, 3.63) is 82.8 Å². The molecule has 172 valence electrons. The number of oxazole rings is 1. The first-order valence-electron chi connectivity index (χ1n) is 11.0. The number of rotatable bonds is 7. The molecule has 2 aromatic carbocycles. The highest BCUT2D eigenvalue weighted by Gasteiger charge is 2.31. The fourth-order valence-electron chi connectivity index (χ4n) is 3.98. The topological polar surface area (TPSA) is 84.7 Å². The molecule has 2 heterocycles. The van der Waals surface area contributed by atoms with Crippen molar-refractivity contribution < 1.29 is 23.1 Å². The molecule has 0 aliphatic carbocycles. The van der Waals surface area contributed by atoms with E-state index in [9.17, 15) is 14.0 Å². The van der Waals surface area contributed by atoms with Crippen molar-refractivity contribution in [1.29, 1.82) is 0 Å². The highest BCUT2D eigenvalue weighted by Crippen LogP contribution is 2.37. The van der Waals surface area contributed by atoms with Gasteiger partial charge in [-0.3, -0.25) is 9.59 Å². The van der Waals surface area contributed by atoms with Gasteiger partial charge in [-0.25, -0.2) is 9.37 Å². The number of benzene rings is 2. The maximum atomic E-state index is 13.5. The number of halogens is 1. The van der Waals surface area contributed by atoms with Gasteiger partial charge in [0.15, 0.2) is 12.3 Å². The number of carbonyl (C=O) groups excluding carboxylic acids is 2. The average Bonchev–Trinajstić information content (AvgIpc) is 3.30. The first kappa shape index (κ1) is 22.5. The summed E-state index contributed by atoms with van der Waals surface area (Å²) in [5.74, 6) is 0.216. The number of aromatic nitrogens is 1. The predicted molar refractivity (Wildman–Crippen MR) is 119 cm³/mol. The lowest BCUT2D eigenvalue weighted by Gasteiger charge is -2.37. The zero-order valence-corrected chi connectivity index (χ0v) is 18.6. The molecule has 1 atom stereocenters. The van der Waals surface area contributed by atoms with Crippen LogP contribution in [0.4, 0.5) is 4.39 Å². The molecule has 33 heavy (non-hydrogen) atoms. The highest BCUT2D eigenvalue weighted by molar-refractivity contribution is 5.91. The predicted octanol–water partition coefficient (Wildman–Crippen LogP) is 4.03. The largest absolute Gasteiger partial charge is 0.484 e. The van der Waals surface area contributed by atoms with Gasteiger partial charge in [-0.15, -0.1) is 0 Å². The van der Waals surface area contributed by atoms with Gasteiger partial charge in [0, 0.05) is 20.0 Å². The van der Waals surface area contributed by atoms with Crippen LogP contribution in [-0.4, -0.2) is 34.8 Å². The Labute approximate surface area is 191 Å². The molecule has 0 fully saturated rings. The van der Waals surface area contributed by atoms with E-state index < -0.39 is 0 Å². The van der Waals surface area contributed by atoms with E-state index >= 15 is 0 Å². The monoisotopic (exact) mass is 451 g/mol. The van der Waals surface area contributed by atoms with Crippen LogP contribution in [0.2, 0.25) is 0 Å². The van der Waals surface area contributed by atoms with E-state index in [4.69, 9.17) is 9.15 Å². The summed E-state index contributed by atoms with van der Waals surface area (Å²) in [5.41, 5.74) is 3.09. The van der Waals surface area contributed by atoms with Crippen molar-refractivity contribution in [2.45, 2.75) is 39.3 Å². The fraction of sp³-hybridized carbons (Fsp3) is 0.320. The summed E-state index contributed by atoms with van der Waals surface area (Å²) in [6.07, 6.45) is 2.87. The highest BCUT2D eigenvalue weighted by atomic mass is 19.1. The molecule has 2 amide bonds. The van der Waals surface area contributed by atoms with E-state index in [-0.39, 0.29) is 41.9 Å². The van der Waals surface area contributed by atoms with Gasteiger partial charge in [0.2, 0.25) is 11.8 Å². The van der Waals surface area contributed by atoms with Gasteiger partial charge >= 0.3 is 0 Å². The Hall–Kier alpha value is -3.68. The van der Waals surface area contributed by atoms with Crippen LogP contribution >= 0.6 is 0 Å². The van der Waals surface area contributed by atoms with Crippen molar-refractivity contribution in [3.63, 3.8) is 0 Å². The molecule has 1 N–H and O–H groups in total. The van der Waals surface area contributed by atoms with E-state index in [0.717, 1.165) is 29.5 Å². The van der Waals surface area contributed by atoms with Gasteiger partial charge in [0.25, 0.3) is 5.91 Å². The molecule has 0 saturated carbocycles. The minimum absolute atomic E-state index is 0.0463. The van der Waals surface area contributed by atoms with Crippen LogP contribution < -0.4 is 10.1 Å². The van der Waals surface area contributed by atoms with Crippen molar-refractivity contribution >= 4 is 11.8 Å². The Balaban J connectivity index is 1.54. The number of hydrogen-bond acceptors (Lipinski definition) is 5. The number of carbonyl (C=O) groups is 2. The first-order chi connectivity index (χ1) is 16.0. The van der Waals surface area contributed by atoms with Crippen LogP contribution in [0.1, 0.15) is 59.4 Å². The Morgan fingerprint density at radius 2 is 2.03 bits per heavy atom. The zero-order chi connectivity index (χ0) is 23.4. The van der Waals surface area contributed by atoms with E-state index in [1.54, 1.807) is 24.0 Å². The lowest BCUT2D eigenvalue weighted by atomic mass is 9.88. The molecule has 0 saturated heterocycles. The molecule has 1 aromatic heterocycles. The number of amides is 2. The van der Waals surface area contributed by atoms with E-state index in [1.807, 2.05) is 25.1 Å². The van der Waals surface area contributed by atoms with E-state index in [2.05, 4.69) is 10.3 Å². The van der Waals surface area contributed by atoms with Crippen LogP contribution in [0, 0.1) is 5.82 Å². The molecular weight excluding hydrogens is 425 g/mol. The first-order valence-corrected chi connectivity index (χ1v) is 11.0. The van der Waals surface area contributed by atoms with Gasteiger partial charge < -0.3 is 19.4 Å². The van der Waals surface area contributed by atoms with Crippen LogP contribution in [0.15, 0.2) is 53.1 Å². The van der Waals surface area contributed by atoms with Crippen molar-refractivity contribution in [2.75, 3.05) is 13.1 Å². The Morgan fingerprint density at radius 3 is 2.76 bits per heavy atom. The number of fused-ring (bicyclic) bond motifs is 1. The van der Waals surface area contributed by atoms with Crippen molar-refractivity contribution in [3.8, 4) is 5.75 Å². The van der Waals surface area contributed by atoms with Crippen LogP contribution in [0.3, 0.4) is 0 Å². The van der Waals surface area contributed by atoms with Gasteiger partial charge in [0.05, 0.1) is 6.04 Å². The van der Waals surface area contributed by atoms with Gasteiger partial charge in [-0.2, -0.15) is 0 Å². The molecule has 1 unspecified atom stereocenters. The number of nitrogens with one attached hydrogen (secondary N) is 1. The molecule has 0 bridgehead atoms. The zero-order valence-electron chi connectivity index (χ0n) is 18.6. The fourth-order valence-corrected chi connectivity index (χ4v) is 3.98. The maximum absolute atomic E-state index is 13.5.